The number of aromatic nitrogens is 1. The maximum atomic E-state index is 12.2. The van der Waals surface area contributed by atoms with Crippen molar-refractivity contribution in [3.8, 4) is 5.88 Å². The van der Waals surface area contributed by atoms with Gasteiger partial charge in [-0.05, 0) is 38.3 Å². The molecule has 2 N–H and O–H groups in total. The SMILES string of the molecule is CCCN1CCC(NC(=NCc2ccc(OCC(F)(F)F)nc2)NCC)CC1.I. The molecule has 10 heteroatoms. The number of alkyl halides is 3. The largest absolute Gasteiger partial charge is 0.468 e. The van der Waals surface area contributed by atoms with E-state index in [1.165, 1.54) is 18.7 Å². The molecule has 0 atom stereocenters. The summed E-state index contributed by atoms with van der Waals surface area (Å²) in [6, 6.07) is 3.50. The Labute approximate surface area is 187 Å². The van der Waals surface area contributed by atoms with Gasteiger partial charge < -0.3 is 20.3 Å². The van der Waals surface area contributed by atoms with Crippen LogP contribution < -0.4 is 15.4 Å². The molecule has 0 aliphatic carbocycles. The average molecular weight is 529 g/mol. The quantitative estimate of drug-likeness (QED) is 0.307. The molecule has 6 nitrogen and oxygen atoms in total. The fraction of sp³-hybridized carbons (Fsp3) is 0.684. The summed E-state index contributed by atoms with van der Waals surface area (Å²) in [4.78, 5) is 11.0. The van der Waals surface area contributed by atoms with Crippen LogP contribution in [-0.4, -0.2) is 60.8 Å². The molecule has 1 aliphatic rings. The molecule has 166 valence electrons. The van der Waals surface area contributed by atoms with Crippen molar-refractivity contribution in [2.75, 3.05) is 32.8 Å². The number of guanidine groups is 1. The Balaban J connectivity index is 0.00000420. The third-order valence-electron chi connectivity index (χ3n) is 4.41. The van der Waals surface area contributed by atoms with Gasteiger partial charge in [-0.2, -0.15) is 13.2 Å². The van der Waals surface area contributed by atoms with Crippen LogP contribution in [0.2, 0.25) is 0 Å². The van der Waals surface area contributed by atoms with Gasteiger partial charge in [0.25, 0.3) is 0 Å². The van der Waals surface area contributed by atoms with E-state index in [0.29, 0.717) is 12.6 Å². The maximum Gasteiger partial charge on any atom is 0.422 e. The summed E-state index contributed by atoms with van der Waals surface area (Å²) in [7, 11) is 0. The van der Waals surface area contributed by atoms with Gasteiger partial charge in [-0.15, -0.1) is 24.0 Å². The first-order chi connectivity index (χ1) is 13.4. The predicted molar refractivity (Wildman–Crippen MR) is 119 cm³/mol. The number of likely N-dealkylation sites (tertiary alicyclic amines) is 1. The Morgan fingerprint density at radius 2 is 2.00 bits per heavy atom. The van der Waals surface area contributed by atoms with Gasteiger partial charge in [-0.3, -0.25) is 0 Å². The lowest BCUT2D eigenvalue weighted by Crippen LogP contribution is -2.48. The summed E-state index contributed by atoms with van der Waals surface area (Å²) in [5.74, 6) is 0.697. The lowest BCUT2D eigenvalue weighted by molar-refractivity contribution is -0.154. The number of ether oxygens (including phenoxy) is 1. The van der Waals surface area contributed by atoms with Gasteiger partial charge in [-0.1, -0.05) is 13.0 Å². The minimum Gasteiger partial charge on any atom is -0.468 e. The van der Waals surface area contributed by atoms with Gasteiger partial charge in [0.1, 0.15) is 0 Å². The van der Waals surface area contributed by atoms with Crippen LogP contribution in [-0.2, 0) is 6.54 Å². The van der Waals surface area contributed by atoms with E-state index < -0.39 is 12.8 Å². The number of aliphatic imine (C=N–C) groups is 1. The fourth-order valence-corrected chi connectivity index (χ4v) is 3.05. The lowest BCUT2D eigenvalue weighted by atomic mass is 10.1. The topological polar surface area (TPSA) is 61.8 Å². The molecule has 0 amide bonds. The standard InChI is InChI=1S/C19H30F3N5O.HI/c1-3-9-27-10-7-16(8-11-27)26-18(23-4-2)25-13-15-5-6-17(24-12-15)28-14-19(20,21)22;/h5-6,12,16H,3-4,7-11,13-14H2,1-2H3,(H2,23,25,26);1H. The number of nitrogens with zero attached hydrogens (tertiary/aromatic N) is 3. The van der Waals surface area contributed by atoms with Crippen LogP contribution in [0.1, 0.15) is 38.7 Å². The first kappa shape index (κ1) is 25.7. The van der Waals surface area contributed by atoms with Crippen molar-refractivity contribution >= 4 is 29.9 Å². The minimum atomic E-state index is -4.37. The molecule has 0 saturated carbocycles. The van der Waals surface area contributed by atoms with Crippen LogP contribution >= 0.6 is 24.0 Å². The molecule has 2 heterocycles. The Morgan fingerprint density at radius 1 is 1.28 bits per heavy atom. The van der Waals surface area contributed by atoms with Gasteiger partial charge >= 0.3 is 6.18 Å². The van der Waals surface area contributed by atoms with Crippen LogP contribution in [0.25, 0.3) is 0 Å². The number of pyridine rings is 1. The van der Waals surface area contributed by atoms with Crippen LogP contribution in [0.5, 0.6) is 5.88 Å². The smallest absolute Gasteiger partial charge is 0.422 e. The molecule has 2 rings (SSSR count). The second-order valence-electron chi connectivity index (χ2n) is 6.86. The van der Waals surface area contributed by atoms with E-state index in [4.69, 9.17) is 0 Å². The number of piperidine rings is 1. The molecular weight excluding hydrogens is 498 g/mol. The molecule has 0 spiro atoms. The van der Waals surface area contributed by atoms with E-state index in [9.17, 15) is 13.2 Å². The highest BCUT2D eigenvalue weighted by Crippen LogP contribution is 2.17. The second kappa shape index (κ2) is 13.1. The van der Waals surface area contributed by atoms with E-state index >= 15 is 0 Å². The number of hydrogen-bond acceptors (Lipinski definition) is 4. The van der Waals surface area contributed by atoms with E-state index in [0.717, 1.165) is 50.5 Å². The van der Waals surface area contributed by atoms with Gasteiger partial charge in [-0.25, -0.2) is 9.98 Å². The fourth-order valence-electron chi connectivity index (χ4n) is 3.05. The van der Waals surface area contributed by atoms with Crippen molar-refractivity contribution in [1.29, 1.82) is 0 Å². The molecule has 0 unspecified atom stereocenters. The molecule has 1 aromatic rings. The molecule has 29 heavy (non-hydrogen) atoms. The summed E-state index contributed by atoms with van der Waals surface area (Å²) in [6.07, 6.45) is 0.455. The van der Waals surface area contributed by atoms with E-state index in [1.54, 1.807) is 6.07 Å². The van der Waals surface area contributed by atoms with Crippen molar-refractivity contribution in [2.24, 2.45) is 4.99 Å². The Hall–Kier alpha value is -1.30. The third kappa shape index (κ3) is 10.3. The highest BCUT2D eigenvalue weighted by atomic mass is 127. The molecule has 1 aromatic heterocycles. The van der Waals surface area contributed by atoms with Gasteiger partial charge in [0.05, 0.1) is 6.54 Å². The van der Waals surface area contributed by atoms with Gasteiger partial charge in [0.15, 0.2) is 12.6 Å². The van der Waals surface area contributed by atoms with Crippen molar-refractivity contribution in [3.63, 3.8) is 0 Å². The molecule has 0 bridgehead atoms. The molecule has 0 radical (unpaired) electrons. The zero-order valence-corrected chi connectivity index (χ0v) is 19.3. The minimum absolute atomic E-state index is 0. The number of halogens is 4. The van der Waals surface area contributed by atoms with Crippen LogP contribution in [0.15, 0.2) is 23.3 Å². The normalized spacial score (nSPS) is 16.2. The summed E-state index contributed by atoms with van der Waals surface area (Å²) in [5, 5.41) is 6.72. The molecule has 1 fully saturated rings. The lowest BCUT2D eigenvalue weighted by Gasteiger charge is -2.32. The first-order valence-corrected chi connectivity index (χ1v) is 9.81. The second-order valence-corrected chi connectivity index (χ2v) is 6.86. The Kier molecular flexibility index (Phi) is 11.6. The highest BCUT2D eigenvalue weighted by Gasteiger charge is 2.28. The highest BCUT2D eigenvalue weighted by molar-refractivity contribution is 14.0. The van der Waals surface area contributed by atoms with Crippen molar-refractivity contribution in [1.82, 2.24) is 20.5 Å². The van der Waals surface area contributed by atoms with Crippen LogP contribution in [0, 0.1) is 0 Å². The molecular formula is C19H31F3IN5O. The van der Waals surface area contributed by atoms with Crippen LogP contribution in [0.3, 0.4) is 0 Å². The number of hydrogen-bond donors (Lipinski definition) is 2. The van der Waals surface area contributed by atoms with Gasteiger partial charge in [0.2, 0.25) is 5.88 Å². The van der Waals surface area contributed by atoms with Gasteiger partial charge in [0, 0.05) is 37.9 Å². The summed E-state index contributed by atoms with van der Waals surface area (Å²) in [6.45, 7) is 7.33. The first-order valence-electron chi connectivity index (χ1n) is 9.81. The Morgan fingerprint density at radius 3 is 2.55 bits per heavy atom. The van der Waals surface area contributed by atoms with E-state index in [-0.39, 0.29) is 29.9 Å². The molecule has 1 aliphatic heterocycles. The zero-order valence-electron chi connectivity index (χ0n) is 17.0. The Bertz CT molecular complexity index is 605. The predicted octanol–water partition coefficient (Wildman–Crippen LogP) is 3.57. The zero-order chi connectivity index (χ0) is 20.4. The summed E-state index contributed by atoms with van der Waals surface area (Å²) < 4.78 is 41.1. The van der Waals surface area contributed by atoms with Crippen molar-refractivity contribution in [2.45, 2.75) is 51.9 Å². The average Bonchev–Trinajstić information content (AvgIpc) is 2.66. The molecule has 0 aromatic carbocycles. The monoisotopic (exact) mass is 529 g/mol. The van der Waals surface area contributed by atoms with Crippen LogP contribution in [0.4, 0.5) is 13.2 Å². The summed E-state index contributed by atoms with van der Waals surface area (Å²) >= 11 is 0. The third-order valence-corrected chi connectivity index (χ3v) is 4.41. The van der Waals surface area contributed by atoms with E-state index in [2.05, 4.69) is 37.2 Å². The molecule has 1 saturated heterocycles. The van der Waals surface area contributed by atoms with Crippen molar-refractivity contribution < 1.29 is 17.9 Å². The van der Waals surface area contributed by atoms with E-state index in [1.807, 2.05) is 6.92 Å². The summed E-state index contributed by atoms with van der Waals surface area (Å²) in [5.41, 5.74) is 0.800. The number of rotatable bonds is 8. The maximum absolute atomic E-state index is 12.2. The van der Waals surface area contributed by atoms with Crippen molar-refractivity contribution in [3.05, 3.63) is 23.9 Å². The number of nitrogens with one attached hydrogen (secondary N) is 2.